The van der Waals surface area contributed by atoms with E-state index in [1.807, 2.05) is 42.5 Å². The maximum Gasteiger partial charge on any atom is 0.251 e. The lowest BCUT2D eigenvalue weighted by atomic mass is 10.0. The molecule has 0 saturated heterocycles. The van der Waals surface area contributed by atoms with E-state index in [0.29, 0.717) is 5.56 Å². The van der Waals surface area contributed by atoms with Crippen LogP contribution in [0.15, 0.2) is 54.6 Å². The van der Waals surface area contributed by atoms with Crippen LogP contribution in [-0.2, 0) is 0 Å². The predicted octanol–water partition coefficient (Wildman–Crippen LogP) is 2.46. The number of amides is 1. The molecule has 2 aromatic rings. The van der Waals surface area contributed by atoms with Gasteiger partial charge in [0.25, 0.3) is 5.91 Å². The Morgan fingerprint density at radius 2 is 1.63 bits per heavy atom. The molecule has 0 saturated carbocycles. The lowest BCUT2D eigenvalue weighted by Gasteiger charge is -2.08. The van der Waals surface area contributed by atoms with Gasteiger partial charge >= 0.3 is 0 Å². The Morgan fingerprint density at radius 1 is 1.05 bits per heavy atom. The van der Waals surface area contributed by atoms with Gasteiger partial charge in [-0.15, -0.1) is 0 Å². The highest BCUT2D eigenvalue weighted by Gasteiger charge is 2.06. The predicted molar refractivity (Wildman–Crippen MR) is 75.9 cm³/mol. The molecule has 0 fully saturated rings. The summed E-state index contributed by atoms with van der Waals surface area (Å²) in [5.41, 5.74) is 2.80. The Bertz CT molecular complexity index is 532. The molecular weight excluding hydrogens is 238 g/mol. The van der Waals surface area contributed by atoms with Gasteiger partial charge in [0.15, 0.2) is 0 Å². The van der Waals surface area contributed by atoms with Crippen LogP contribution in [0, 0.1) is 0 Å². The second kappa shape index (κ2) is 6.16. The average molecular weight is 255 g/mol. The molecule has 0 radical (unpaired) electrons. The molecular formula is C16H17NO2. The van der Waals surface area contributed by atoms with Crippen LogP contribution >= 0.6 is 0 Å². The van der Waals surface area contributed by atoms with Crippen molar-refractivity contribution in [1.29, 1.82) is 0 Å². The van der Waals surface area contributed by atoms with Gasteiger partial charge in [-0.3, -0.25) is 4.79 Å². The molecule has 0 spiro atoms. The number of hydrogen-bond donors (Lipinski definition) is 2. The average Bonchev–Trinajstić information content (AvgIpc) is 2.46. The Morgan fingerprint density at radius 3 is 2.21 bits per heavy atom. The second-order valence-electron chi connectivity index (χ2n) is 4.50. The topological polar surface area (TPSA) is 49.3 Å². The summed E-state index contributed by atoms with van der Waals surface area (Å²) in [4.78, 5) is 11.8. The van der Waals surface area contributed by atoms with E-state index in [9.17, 15) is 4.79 Å². The van der Waals surface area contributed by atoms with E-state index in [1.54, 1.807) is 19.1 Å². The highest BCUT2D eigenvalue weighted by Crippen LogP contribution is 2.19. The third kappa shape index (κ3) is 3.66. The molecule has 0 bridgehead atoms. The number of aliphatic hydroxyl groups excluding tert-OH is 1. The van der Waals surface area contributed by atoms with Crippen molar-refractivity contribution in [2.75, 3.05) is 6.54 Å². The number of carbonyl (C=O) groups is 1. The van der Waals surface area contributed by atoms with Crippen LogP contribution in [0.5, 0.6) is 0 Å². The number of carbonyl (C=O) groups excluding carboxylic acids is 1. The summed E-state index contributed by atoms with van der Waals surface area (Å²) in [5, 5.41) is 11.8. The van der Waals surface area contributed by atoms with E-state index in [4.69, 9.17) is 5.11 Å². The van der Waals surface area contributed by atoms with E-state index in [-0.39, 0.29) is 12.5 Å². The maximum atomic E-state index is 11.8. The molecule has 2 aromatic carbocycles. The van der Waals surface area contributed by atoms with Crippen molar-refractivity contribution < 1.29 is 9.90 Å². The first-order chi connectivity index (χ1) is 9.16. The van der Waals surface area contributed by atoms with Crippen LogP contribution in [0.2, 0.25) is 0 Å². The molecule has 3 nitrogen and oxygen atoms in total. The van der Waals surface area contributed by atoms with E-state index in [1.165, 1.54) is 0 Å². The molecule has 98 valence electrons. The largest absolute Gasteiger partial charge is 0.392 e. The smallest absolute Gasteiger partial charge is 0.251 e. The molecule has 0 aliphatic carbocycles. The summed E-state index contributed by atoms with van der Waals surface area (Å²) in [6.07, 6.45) is -0.535. The third-order valence-electron chi connectivity index (χ3n) is 2.81. The van der Waals surface area contributed by atoms with Crippen LogP contribution in [0.4, 0.5) is 0 Å². The van der Waals surface area contributed by atoms with Gasteiger partial charge in [-0.25, -0.2) is 0 Å². The minimum atomic E-state index is -0.535. The first-order valence-electron chi connectivity index (χ1n) is 6.28. The minimum Gasteiger partial charge on any atom is -0.392 e. The van der Waals surface area contributed by atoms with Crippen LogP contribution in [0.1, 0.15) is 17.3 Å². The van der Waals surface area contributed by atoms with Crippen molar-refractivity contribution >= 4 is 5.91 Å². The summed E-state index contributed by atoms with van der Waals surface area (Å²) in [7, 11) is 0. The minimum absolute atomic E-state index is 0.166. The fraction of sp³-hybridized carbons (Fsp3) is 0.188. The van der Waals surface area contributed by atoms with Crippen molar-refractivity contribution in [3.8, 4) is 11.1 Å². The molecule has 1 amide bonds. The molecule has 2 rings (SSSR count). The molecule has 19 heavy (non-hydrogen) atoms. The van der Waals surface area contributed by atoms with Gasteiger partial charge in [0.05, 0.1) is 6.10 Å². The van der Waals surface area contributed by atoms with E-state index < -0.39 is 6.10 Å². The van der Waals surface area contributed by atoms with Crippen LogP contribution in [0.3, 0.4) is 0 Å². The van der Waals surface area contributed by atoms with Gasteiger partial charge in [-0.2, -0.15) is 0 Å². The van der Waals surface area contributed by atoms with Gasteiger partial charge in [0.2, 0.25) is 0 Å². The molecule has 0 aromatic heterocycles. The molecule has 0 aliphatic rings. The zero-order valence-electron chi connectivity index (χ0n) is 10.8. The number of benzene rings is 2. The number of aliphatic hydroxyl groups is 1. The summed E-state index contributed by atoms with van der Waals surface area (Å²) in [5.74, 6) is -0.166. The Kier molecular flexibility index (Phi) is 4.31. The number of nitrogens with one attached hydrogen (secondary N) is 1. The van der Waals surface area contributed by atoms with E-state index >= 15 is 0 Å². The van der Waals surface area contributed by atoms with Crippen molar-refractivity contribution in [2.24, 2.45) is 0 Å². The van der Waals surface area contributed by atoms with Gasteiger partial charge in [0, 0.05) is 12.1 Å². The summed E-state index contributed by atoms with van der Waals surface area (Å²) >= 11 is 0. The van der Waals surface area contributed by atoms with Crippen molar-refractivity contribution in [3.05, 3.63) is 60.2 Å². The quantitative estimate of drug-likeness (QED) is 0.881. The zero-order chi connectivity index (χ0) is 13.7. The molecule has 0 unspecified atom stereocenters. The summed E-state index contributed by atoms with van der Waals surface area (Å²) in [6, 6.07) is 17.4. The Balaban J connectivity index is 2.08. The molecule has 0 heterocycles. The van der Waals surface area contributed by atoms with Crippen LogP contribution in [-0.4, -0.2) is 23.7 Å². The highest BCUT2D eigenvalue weighted by molar-refractivity contribution is 5.94. The first-order valence-corrected chi connectivity index (χ1v) is 6.28. The van der Waals surface area contributed by atoms with Gasteiger partial charge < -0.3 is 10.4 Å². The van der Waals surface area contributed by atoms with E-state index in [0.717, 1.165) is 11.1 Å². The lowest BCUT2D eigenvalue weighted by molar-refractivity contribution is 0.0924. The Hall–Kier alpha value is -2.13. The summed E-state index contributed by atoms with van der Waals surface area (Å²) in [6.45, 7) is 1.90. The van der Waals surface area contributed by atoms with Crippen molar-refractivity contribution in [1.82, 2.24) is 5.32 Å². The molecule has 1 atom stereocenters. The van der Waals surface area contributed by atoms with Crippen LogP contribution in [0.25, 0.3) is 11.1 Å². The standard InChI is InChI=1S/C16H17NO2/c1-12(18)11-17-16(19)15-9-7-14(8-10-15)13-5-3-2-4-6-13/h2-10,12,18H,11H2,1H3,(H,17,19)/t12-/m1/s1. The molecule has 0 aliphatic heterocycles. The van der Waals surface area contributed by atoms with Crippen molar-refractivity contribution in [3.63, 3.8) is 0 Å². The third-order valence-corrected chi connectivity index (χ3v) is 2.81. The van der Waals surface area contributed by atoms with Gasteiger partial charge in [-0.1, -0.05) is 42.5 Å². The Labute approximate surface area is 112 Å². The first kappa shape index (κ1) is 13.3. The monoisotopic (exact) mass is 255 g/mol. The number of rotatable bonds is 4. The summed E-state index contributed by atoms with van der Waals surface area (Å²) < 4.78 is 0. The highest BCUT2D eigenvalue weighted by atomic mass is 16.3. The number of hydrogen-bond acceptors (Lipinski definition) is 2. The molecule has 3 heteroatoms. The van der Waals surface area contributed by atoms with Gasteiger partial charge in [-0.05, 0) is 30.2 Å². The van der Waals surface area contributed by atoms with Crippen molar-refractivity contribution in [2.45, 2.75) is 13.0 Å². The fourth-order valence-electron chi connectivity index (χ4n) is 1.79. The molecule has 2 N–H and O–H groups in total. The lowest BCUT2D eigenvalue weighted by Crippen LogP contribution is -2.30. The van der Waals surface area contributed by atoms with Gasteiger partial charge in [0.1, 0.15) is 0 Å². The zero-order valence-corrected chi connectivity index (χ0v) is 10.8. The van der Waals surface area contributed by atoms with Crippen LogP contribution < -0.4 is 5.32 Å². The van der Waals surface area contributed by atoms with E-state index in [2.05, 4.69) is 5.32 Å². The fourth-order valence-corrected chi connectivity index (χ4v) is 1.79. The normalized spacial score (nSPS) is 11.9. The maximum absolute atomic E-state index is 11.8. The SMILES string of the molecule is C[C@@H](O)CNC(=O)c1ccc(-c2ccccc2)cc1. The second-order valence-corrected chi connectivity index (χ2v) is 4.50.